The minimum Gasteiger partial charge on any atom is -0.497 e. The maximum absolute atomic E-state index is 11.9. The van der Waals surface area contributed by atoms with Gasteiger partial charge in [0.05, 0.1) is 13.7 Å². The lowest BCUT2D eigenvalue weighted by Gasteiger charge is -2.07. The van der Waals surface area contributed by atoms with Crippen molar-refractivity contribution in [1.82, 2.24) is 5.32 Å². The molecule has 2 aromatic rings. The predicted octanol–water partition coefficient (Wildman–Crippen LogP) is 2.16. The Kier molecular flexibility index (Phi) is 5.35. The molecule has 4 nitrogen and oxygen atoms in total. The smallest absolute Gasteiger partial charge is 0.251 e. The third-order valence-electron chi connectivity index (χ3n) is 3.26. The second kappa shape index (κ2) is 7.45. The van der Waals surface area contributed by atoms with Crippen LogP contribution in [-0.4, -0.2) is 24.7 Å². The molecule has 2 rings (SSSR count). The summed E-state index contributed by atoms with van der Waals surface area (Å²) in [5, 5.41) is 11.9. The van der Waals surface area contributed by atoms with Crippen LogP contribution in [0.4, 0.5) is 0 Å². The first-order chi connectivity index (χ1) is 10.2. The molecule has 0 saturated heterocycles. The predicted molar refractivity (Wildman–Crippen MR) is 81.4 cm³/mol. The minimum absolute atomic E-state index is 0.0501. The molecule has 21 heavy (non-hydrogen) atoms. The summed E-state index contributed by atoms with van der Waals surface area (Å²) in [6, 6.07) is 14.7. The van der Waals surface area contributed by atoms with Crippen LogP contribution in [0.3, 0.4) is 0 Å². The number of hydrogen-bond acceptors (Lipinski definition) is 3. The van der Waals surface area contributed by atoms with Crippen LogP contribution in [-0.2, 0) is 13.0 Å². The molecule has 0 fully saturated rings. The number of amides is 1. The Morgan fingerprint density at radius 2 is 1.67 bits per heavy atom. The number of methoxy groups -OCH3 is 1. The van der Waals surface area contributed by atoms with Crippen molar-refractivity contribution in [2.45, 2.75) is 13.0 Å². The van der Waals surface area contributed by atoms with Gasteiger partial charge in [-0.25, -0.2) is 0 Å². The van der Waals surface area contributed by atoms with Gasteiger partial charge in [0.2, 0.25) is 0 Å². The van der Waals surface area contributed by atoms with E-state index < -0.39 is 0 Å². The monoisotopic (exact) mass is 285 g/mol. The largest absolute Gasteiger partial charge is 0.497 e. The lowest BCUT2D eigenvalue weighted by Crippen LogP contribution is -2.25. The topological polar surface area (TPSA) is 58.6 Å². The van der Waals surface area contributed by atoms with Gasteiger partial charge in [-0.05, 0) is 41.8 Å². The van der Waals surface area contributed by atoms with Crippen LogP contribution in [0.2, 0.25) is 0 Å². The highest BCUT2D eigenvalue weighted by Gasteiger charge is 2.04. The van der Waals surface area contributed by atoms with Gasteiger partial charge in [-0.15, -0.1) is 0 Å². The number of nitrogens with one attached hydrogen (secondary N) is 1. The normalized spacial score (nSPS) is 10.2. The molecule has 0 spiro atoms. The molecule has 0 aliphatic carbocycles. The molecule has 0 aliphatic rings. The van der Waals surface area contributed by atoms with Crippen LogP contribution in [0, 0.1) is 0 Å². The summed E-state index contributed by atoms with van der Waals surface area (Å²) in [6.07, 6.45) is 0.758. The van der Waals surface area contributed by atoms with Crippen LogP contribution < -0.4 is 10.1 Å². The molecule has 0 aromatic heterocycles. The van der Waals surface area contributed by atoms with Gasteiger partial charge in [-0.1, -0.05) is 24.3 Å². The summed E-state index contributed by atoms with van der Waals surface area (Å²) in [5.74, 6) is 0.639. The van der Waals surface area contributed by atoms with E-state index in [0.29, 0.717) is 12.1 Å². The zero-order chi connectivity index (χ0) is 15.1. The van der Waals surface area contributed by atoms with Crippen LogP contribution in [0.5, 0.6) is 5.75 Å². The highest BCUT2D eigenvalue weighted by Crippen LogP contribution is 2.11. The molecule has 0 atom stereocenters. The molecule has 0 aliphatic heterocycles. The number of aliphatic hydroxyl groups is 1. The van der Waals surface area contributed by atoms with Gasteiger partial charge in [0.15, 0.2) is 0 Å². The molecule has 0 saturated carbocycles. The summed E-state index contributed by atoms with van der Waals surface area (Å²) >= 11 is 0. The highest BCUT2D eigenvalue weighted by molar-refractivity contribution is 5.94. The first-order valence-corrected chi connectivity index (χ1v) is 6.84. The van der Waals surface area contributed by atoms with E-state index in [1.807, 2.05) is 24.3 Å². The Labute approximate surface area is 124 Å². The standard InChI is InChI=1S/C17H19NO3/c1-21-16-8-6-15(7-9-16)17(20)18-11-10-13-2-4-14(12-19)5-3-13/h2-9,19H,10-12H2,1H3,(H,18,20). The van der Waals surface area contributed by atoms with Gasteiger partial charge in [0.1, 0.15) is 5.75 Å². The summed E-state index contributed by atoms with van der Waals surface area (Å²) < 4.78 is 5.06. The Balaban J connectivity index is 1.82. The number of benzene rings is 2. The SMILES string of the molecule is COc1ccc(C(=O)NCCc2ccc(CO)cc2)cc1. The molecule has 0 radical (unpaired) electrons. The number of hydrogen-bond donors (Lipinski definition) is 2. The number of rotatable bonds is 6. The van der Waals surface area contributed by atoms with E-state index in [9.17, 15) is 4.79 Å². The van der Waals surface area contributed by atoms with Gasteiger partial charge in [-0.2, -0.15) is 0 Å². The lowest BCUT2D eigenvalue weighted by atomic mass is 10.1. The average molecular weight is 285 g/mol. The second-order valence-electron chi connectivity index (χ2n) is 4.71. The average Bonchev–Trinajstić information content (AvgIpc) is 2.55. The van der Waals surface area contributed by atoms with E-state index in [0.717, 1.165) is 23.3 Å². The maximum atomic E-state index is 11.9. The number of carbonyl (C=O) groups excluding carboxylic acids is 1. The summed E-state index contributed by atoms with van der Waals surface area (Å²) in [6.45, 7) is 0.623. The van der Waals surface area contributed by atoms with Gasteiger partial charge < -0.3 is 15.2 Å². The van der Waals surface area contributed by atoms with Crippen molar-refractivity contribution >= 4 is 5.91 Å². The minimum atomic E-state index is -0.0929. The fraction of sp³-hybridized carbons (Fsp3) is 0.235. The first-order valence-electron chi connectivity index (χ1n) is 6.84. The summed E-state index contributed by atoms with van der Waals surface area (Å²) in [5.41, 5.74) is 2.63. The molecular weight excluding hydrogens is 266 g/mol. The molecule has 4 heteroatoms. The Morgan fingerprint density at radius 3 is 2.24 bits per heavy atom. The van der Waals surface area contributed by atoms with Gasteiger partial charge in [0.25, 0.3) is 5.91 Å². The van der Waals surface area contributed by atoms with E-state index in [4.69, 9.17) is 9.84 Å². The highest BCUT2D eigenvalue weighted by atomic mass is 16.5. The molecule has 110 valence electrons. The number of ether oxygens (including phenoxy) is 1. The molecule has 0 bridgehead atoms. The van der Waals surface area contributed by atoms with Crippen molar-refractivity contribution in [3.63, 3.8) is 0 Å². The van der Waals surface area contributed by atoms with E-state index >= 15 is 0 Å². The molecule has 2 N–H and O–H groups in total. The molecular formula is C17H19NO3. The van der Waals surface area contributed by atoms with Gasteiger partial charge in [-0.3, -0.25) is 4.79 Å². The van der Waals surface area contributed by atoms with E-state index in [2.05, 4.69) is 5.32 Å². The molecule has 1 amide bonds. The van der Waals surface area contributed by atoms with Crippen molar-refractivity contribution in [3.8, 4) is 5.75 Å². The first kappa shape index (κ1) is 15.1. The number of carbonyl (C=O) groups is 1. The molecule has 2 aromatic carbocycles. The summed E-state index contributed by atoms with van der Waals surface area (Å²) in [7, 11) is 1.59. The third kappa shape index (κ3) is 4.33. The fourth-order valence-corrected chi connectivity index (χ4v) is 1.98. The van der Waals surface area contributed by atoms with Crippen molar-refractivity contribution in [1.29, 1.82) is 0 Å². The van der Waals surface area contributed by atoms with Crippen molar-refractivity contribution < 1.29 is 14.6 Å². The van der Waals surface area contributed by atoms with Crippen molar-refractivity contribution in [3.05, 3.63) is 65.2 Å². The Morgan fingerprint density at radius 1 is 1.05 bits per heavy atom. The fourth-order valence-electron chi connectivity index (χ4n) is 1.98. The summed E-state index contributed by atoms with van der Waals surface area (Å²) in [4.78, 5) is 11.9. The Hall–Kier alpha value is -2.33. The lowest BCUT2D eigenvalue weighted by molar-refractivity contribution is 0.0954. The van der Waals surface area contributed by atoms with Crippen LogP contribution >= 0.6 is 0 Å². The molecule has 0 heterocycles. The van der Waals surface area contributed by atoms with Gasteiger partial charge in [0, 0.05) is 12.1 Å². The van der Waals surface area contributed by atoms with Crippen molar-refractivity contribution in [2.24, 2.45) is 0 Å². The molecule has 0 unspecified atom stereocenters. The second-order valence-corrected chi connectivity index (χ2v) is 4.71. The van der Waals surface area contributed by atoms with Crippen molar-refractivity contribution in [2.75, 3.05) is 13.7 Å². The Bertz CT molecular complexity index is 576. The van der Waals surface area contributed by atoms with Crippen LogP contribution in [0.25, 0.3) is 0 Å². The third-order valence-corrected chi connectivity index (χ3v) is 3.26. The van der Waals surface area contributed by atoms with E-state index in [-0.39, 0.29) is 12.5 Å². The zero-order valence-electron chi connectivity index (χ0n) is 12.0. The maximum Gasteiger partial charge on any atom is 0.251 e. The van der Waals surface area contributed by atoms with E-state index in [1.54, 1.807) is 31.4 Å². The zero-order valence-corrected chi connectivity index (χ0v) is 12.0. The number of aliphatic hydroxyl groups excluding tert-OH is 1. The van der Waals surface area contributed by atoms with Gasteiger partial charge >= 0.3 is 0 Å². The van der Waals surface area contributed by atoms with E-state index in [1.165, 1.54) is 0 Å². The van der Waals surface area contributed by atoms with Crippen LogP contribution in [0.1, 0.15) is 21.5 Å². The van der Waals surface area contributed by atoms with Crippen LogP contribution in [0.15, 0.2) is 48.5 Å². The quantitative estimate of drug-likeness (QED) is 0.855.